The number of hydrogen-bond acceptors (Lipinski definition) is 6. The Labute approximate surface area is 179 Å². The van der Waals surface area contributed by atoms with E-state index in [2.05, 4.69) is 9.62 Å². The lowest BCUT2D eigenvalue weighted by Crippen LogP contribution is -2.50. The molecule has 30 heavy (non-hydrogen) atoms. The van der Waals surface area contributed by atoms with E-state index in [9.17, 15) is 13.2 Å². The van der Waals surface area contributed by atoms with Crippen molar-refractivity contribution in [1.82, 2.24) is 14.5 Å². The molecule has 0 saturated carbocycles. The molecule has 1 atom stereocenters. The number of rotatable bonds is 7. The summed E-state index contributed by atoms with van der Waals surface area (Å²) in [6.45, 7) is 6.01. The second-order valence-electron chi connectivity index (χ2n) is 7.95. The molecule has 0 bridgehead atoms. The Morgan fingerprint density at radius 3 is 2.47 bits per heavy atom. The van der Waals surface area contributed by atoms with Crippen LogP contribution < -0.4 is 9.46 Å². The molecule has 2 aliphatic heterocycles. The van der Waals surface area contributed by atoms with Crippen LogP contribution in [-0.4, -0.2) is 76.8 Å². The van der Waals surface area contributed by atoms with E-state index >= 15 is 0 Å². The topological polar surface area (TPSA) is 88.2 Å². The van der Waals surface area contributed by atoms with Gasteiger partial charge in [-0.2, -0.15) is 0 Å². The van der Waals surface area contributed by atoms with Crippen molar-refractivity contribution in [2.24, 2.45) is 5.92 Å². The van der Waals surface area contributed by atoms with E-state index in [1.54, 1.807) is 36.3 Å². The Morgan fingerprint density at radius 1 is 1.13 bits per heavy atom. The quantitative estimate of drug-likeness (QED) is 0.701. The first-order valence-corrected chi connectivity index (χ1v) is 12.2. The number of carbonyl (C=O) groups is 1. The molecule has 2 saturated heterocycles. The van der Waals surface area contributed by atoms with E-state index in [-0.39, 0.29) is 16.9 Å². The molecular formula is C21H33N3O5S. The molecule has 1 amide bonds. The van der Waals surface area contributed by atoms with Gasteiger partial charge in [-0.05, 0) is 69.3 Å². The molecule has 2 fully saturated rings. The zero-order valence-corrected chi connectivity index (χ0v) is 18.7. The van der Waals surface area contributed by atoms with Gasteiger partial charge < -0.3 is 14.4 Å². The first-order valence-electron chi connectivity index (χ1n) is 10.7. The fourth-order valence-electron chi connectivity index (χ4n) is 4.29. The maximum Gasteiger partial charge on any atom is 0.409 e. The van der Waals surface area contributed by atoms with Crippen LogP contribution in [0, 0.1) is 5.92 Å². The van der Waals surface area contributed by atoms with E-state index in [0.29, 0.717) is 24.9 Å². The normalized spacial score (nSPS) is 21.4. The van der Waals surface area contributed by atoms with E-state index in [0.717, 1.165) is 51.9 Å². The van der Waals surface area contributed by atoms with Crippen molar-refractivity contribution in [3.05, 3.63) is 24.3 Å². The molecule has 1 aromatic carbocycles. The number of sulfonamides is 1. The van der Waals surface area contributed by atoms with Crippen molar-refractivity contribution in [2.45, 2.75) is 43.5 Å². The van der Waals surface area contributed by atoms with Crippen molar-refractivity contribution in [2.75, 3.05) is 46.4 Å². The first-order chi connectivity index (χ1) is 14.4. The van der Waals surface area contributed by atoms with Gasteiger partial charge in [0.25, 0.3) is 0 Å². The van der Waals surface area contributed by atoms with Crippen LogP contribution in [0.15, 0.2) is 29.2 Å². The van der Waals surface area contributed by atoms with Gasteiger partial charge in [0, 0.05) is 32.2 Å². The summed E-state index contributed by atoms with van der Waals surface area (Å²) in [7, 11) is -1.98. The molecule has 168 valence electrons. The average Bonchev–Trinajstić information content (AvgIpc) is 2.78. The highest BCUT2D eigenvalue weighted by Crippen LogP contribution is 2.24. The smallest absolute Gasteiger partial charge is 0.409 e. The molecule has 2 aliphatic rings. The number of piperidine rings is 2. The third-order valence-electron chi connectivity index (χ3n) is 5.99. The van der Waals surface area contributed by atoms with E-state index in [4.69, 9.17) is 9.47 Å². The Balaban J connectivity index is 1.48. The molecule has 0 unspecified atom stereocenters. The minimum absolute atomic E-state index is 0.222. The number of nitrogens with one attached hydrogen (secondary N) is 1. The summed E-state index contributed by atoms with van der Waals surface area (Å²) in [5, 5.41) is 0. The van der Waals surface area contributed by atoms with Gasteiger partial charge in [-0.25, -0.2) is 17.9 Å². The van der Waals surface area contributed by atoms with Gasteiger partial charge in [0.15, 0.2) is 0 Å². The van der Waals surface area contributed by atoms with E-state index in [1.807, 2.05) is 6.92 Å². The lowest BCUT2D eigenvalue weighted by molar-refractivity contribution is 0.0584. The molecule has 1 aromatic rings. The third-order valence-corrected chi connectivity index (χ3v) is 7.43. The zero-order chi connectivity index (χ0) is 21.6. The van der Waals surface area contributed by atoms with Crippen LogP contribution in [-0.2, 0) is 14.8 Å². The Kier molecular flexibility index (Phi) is 7.96. The lowest BCUT2D eigenvalue weighted by Gasteiger charge is -2.42. The number of hydrogen-bond donors (Lipinski definition) is 1. The molecule has 0 aromatic heterocycles. The predicted molar refractivity (Wildman–Crippen MR) is 114 cm³/mol. The Hall–Kier alpha value is -1.84. The van der Waals surface area contributed by atoms with Gasteiger partial charge >= 0.3 is 6.09 Å². The van der Waals surface area contributed by atoms with Crippen LogP contribution in [0.3, 0.4) is 0 Å². The molecular weight excluding hydrogens is 406 g/mol. The van der Waals surface area contributed by atoms with Crippen LogP contribution in [0.25, 0.3) is 0 Å². The summed E-state index contributed by atoms with van der Waals surface area (Å²) in [5.74, 6) is 0.917. The largest absolute Gasteiger partial charge is 0.497 e. The summed E-state index contributed by atoms with van der Waals surface area (Å²) in [6, 6.07) is 6.87. The molecule has 0 spiro atoms. The van der Waals surface area contributed by atoms with Crippen LogP contribution in [0.2, 0.25) is 0 Å². The van der Waals surface area contributed by atoms with Gasteiger partial charge in [0.2, 0.25) is 10.0 Å². The molecule has 9 heteroatoms. The summed E-state index contributed by atoms with van der Waals surface area (Å²) < 4.78 is 38.2. The molecule has 0 radical (unpaired) electrons. The highest BCUT2D eigenvalue weighted by atomic mass is 32.2. The summed E-state index contributed by atoms with van der Waals surface area (Å²) >= 11 is 0. The molecule has 3 rings (SSSR count). The van der Waals surface area contributed by atoms with Crippen LogP contribution >= 0.6 is 0 Å². The maximum absolute atomic E-state index is 12.6. The van der Waals surface area contributed by atoms with E-state index < -0.39 is 10.0 Å². The van der Waals surface area contributed by atoms with Gasteiger partial charge in [0.05, 0.1) is 18.6 Å². The number of carbonyl (C=O) groups excluding carboxylic acids is 1. The second-order valence-corrected chi connectivity index (χ2v) is 9.71. The van der Waals surface area contributed by atoms with Gasteiger partial charge in [-0.15, -0.1) is 0 Å². The summed E-state index contributed by atoms with van der Waals surface area (Å²) in [6.07, 6.45) is 3.73. The van der Waals surface area contributed by atoms with Crippen molar-refractivity contribution in [1.29, 1.82) is 0 Å². The number of ether oxygens (including phenoxy) is 2. The molecule has 0 aliphatic carbocycles. The number of methoxy groups -OCH3 is 1. The minimum Gasteiger partial charge on any atom is -0.497 e. The first kappa shape index (κ1) is 22.8. The van der Waals surface area contributed by atoms with Crippen molar-refractivity contribution in [3.8, 4) is 5.75 Å². The number of likely N-dealkylation sites (tertiary alicyclic amines) is 2. The number of benzene rings is 1. The summed E-state index contributed by atoms with van der Waals surface area (Å²) in [4.78, 5) is 16.4. The van der Waals surface area contributed by atoms with Gasteiger partial charge in [-0.1, -0.05) is 0 Å². The highest BCUT2D eigenvalue weighted by Gasteiger charge is 2.31. The van der Waals surface area contributed by atoms with Crippen molar-refractivity contribution < 1.29 is 22.7 Å². The molecule has 1 N–H and O–H groups in total. The lowest BCUT2D eigenvalue weighted by atomic mass is 9.94. The van der Waals surface area contributed by atoms with Crippen LogP contribution in [0.5, 0.6) is 5.75 Å². The fourth-order valence-corrected chi connectivity index (χ4v) is 5.41. The van der Waals surface area contributed by atoms with Crippen molar-refractivity contribution >= 4 is 16.1 Å². The fraction of sp³-hybridized carbons (Fsp3) is 0.667. The second kappa shape index (κ2) is 10.5. The van der Waals surface area contributed by atoms with Gasteiger partial charge in [-0.3, -0.25) is 4.90 Å². The third kappa shape index (κ3) is 5.86. The maximum atomic E-state index is 12.6. The highest BCUT2D eigenvalue weighted by molar-refractivity contribution is 7.89. The monoisotopic (exact) mass is 439 g/mol. The molecule has 8 nitrogen and oxygen atoms in total. The predicted octanol–water partition coefficient (Wildman–Crippen LogP) is 2.31. The minimum atomic E-state index is -3.53. The standard InChI is InChI=1S/C21H33N3O5S/c1-3-29-21(25)23-13-10-18(11-14-23)24-12-4-5-17(16-24)15-22-30(26,27)20-8-6-19(28-2)7-9-20/h6-9,17-18,22H,3-5,10-16H2,1-2H3/t17-/m1/s1. The zero-order valence-electron chi connectivity index (χ0n) is 17.9. The van der Waals surface area contributed by atoms with Crippen molar-refractivity contribution in [3.63, 3.8) is 0 Å². The van der Waals surface area contributed by atoms with Gasteiger partial charge in [0.1, 0.15) is 5.75 Å². The molecule has 2 heterocycles. The summed E-state index contributed by atoms with van der Waals surface area (Å²) in [5.41, 5.74) is 0. The SMILES string of the molecule is CCOC(=O)N1CCC(N2CCC[C@H](CNS(=O)(=O)c3ccc(OC)cc3)C2)CC1. The number of nitrogens with zero attached hydrogens (tertiary/aromatic N) is 2. The Bertz CT molecular complexity index is 791. The van der Waals surface area contributed by atoms with E-state index in [1.165, 1.54) is 0 Å². The Morgan fingerprint density at radius 2 is 1.83 bits per heavy atom. The van der Waals surface area contributed by atoms with Crippen LogP contribution in [0.4, 0.5) is 4.79 Å². The average molecular weight is 440 g/mol. The number of amides is 1. The van der Waals surface area contributed by atoms with Crippen LogP contribution in [0.1, 0.15) is 32.6 Å².